The lowest BCUT2D eigenvalue weighted by Crippen LogP contribution is -2.41. The molecule has 0 radical (unpaired) electrons. The Labute approximate surface area is 119 Å². The second kappa shape index (κ2) is 6.52. The fourth-order valence-electron chi connectivity index (χ4n) is 1.25. The first-order chi connectivity index (χ1) is 8.82. The third-order valence-corrected chi connectivity index (χ3v) is 2.54. The second-order valence-electron chi connectivity index (χ2n) is 5.12. The Hall–Kier alpha value is -1.62. The van der Waals surface area contributed by atoms with Crippen LogP contribution in [0.4, 0.5) is 5.69 Å². The summed E-state index contributed by atoms with van der Waals surface area (Å²) in [6, 6.07) is 7.39. The molecule has 1 aromatic carbocycles. The number of hydrogen-bond acceptors (Lipinski definition) is 3. The summed E-state index contributed by atoms with van der Waals surface area (Å²) >= 11 is 5.09. The van der Waals surface area contributed by atoms with Crippen molar-refractivity contribution in [3.8, 4) is 5.75 Å². The average Bonchev–Trinajstić information content (AvgIpc) is 2.30. The Bertz CT molecular complexity index is 450. The molecule has 1 amide bonds. The quantitative estimate of drug-likeness (QED) is 0.836. The molecule has 104 valence electrons. The van der Waals surface area contributed by atoms with E-state index in [4.69, 9.17) is 17.0 Å². The number of ether oxygens (including phenoxy) is 1. The Morgan fingerprint density at radius 3 is 2.32 bits per heavy atom. The molecule has 0 aliphatic rings. The maximum absolute atomic E-state index is 11.7. The molecule has 1 aromatic rings. The Morgan fingerprint density at radius 1 is 1.26 bits per heavy atom. The second-order valence-corrected chi connectivity index (χ2v) is 5.52. The van der Waals surface area contributed by atoms with Crippen molar-refractivity contribution in [2.24, 2.45) is 5.41 Å². The van der Waals surface area contributed by atoms with E-state index in [1.165, 1.54) is 0 Å². The molecule has 0 unspecified atom stereocenters. The highest BCUT2D eigenvalue weighted by molar-refractivity contribution is 7.80. The predicted molar refractivity (Wildman–Crippen MR) is 81.4 cm³/mol. The maximum Gasteiger partial charge on any atom is 0.231 e. The molecule has 0 heterocycles. The number of thiocarbonyl (C=S) groups is 1. The molecule has 19 heavy (non-hydrogen) atoms. The van der Waals surface area contributed by atoms with Crippen molar-refractivity contribution in [2.75, 3.05) is 11.9 Å². The van der Waals surface area contributed by atoms with Gasteiger partial charge in [0.15, 0.2) is 5.11 Å². The highest BCUT2D eigenvalue weighted by Gasteiger charge is 2.21. The summed E-state index contributed by atoms with van der Waals surface area (Å²) in [7, 11) is 0. The van der Waals surface area contributed by atoms with Crippen LogP contribution in [-0.4, -0.2) is 17.6 Å². The van der Waals surface area contributed by atoms with Gasteiger partial charge < -0.3 is 15.4 Å². The lowest BCUT2D eigenvalue weighted by molar-refractivity contribution is -0.126. The summed E-state index contributed by atoms with van der Waals surface area (Å²) in [4.78, 5) is 11.7. The average molecular weight is 280 g/mol. The zero-order chi connectivity index (χ0) is 14.5. The monoisotopic (exact) mass is 280 g/mol. The molecule has 0 atom stereocenters. The van der Waals surface area contributed by atoms with Crippen molar-refractivity contribution >= 4 is 28.9 Å². The molecule has 0 saturated heterocycles. The van der Waals surface area contributed by atoms with Crippen molar-refractivity contribution in [3.63, 3.8) is 0 Å². The highest BCUT2D eigenvalue weighted by atomic mass is 32.1. The van der Waals surface area contributed by atoms with Gasteiger partial charge in [-0.15, -0.1) is 0 Å². The third-order valence-electron chi connectivity index (χ3n) is 2.33. The SMILES string of the molecule is CCOc1ccc(NC(=S)NC(=O)C(C)(C)C)cc1. The van der Waals surface area contributed by atoms with Crippen LogP contribution < -0.4 is 15.4 Å². The summed E-state index contributed by atoms with van der Waals surface area (Å²) in [6.07, 6.45) is 0. The van der Waals surface area contributed by atoms with Gasteiger partial charge in [0.05, 0.1) is 6.61 Å². The van der Waals surface area contributed by atoms with E-state index < -0.39 is 5.41 Å². The summed E-state index contributed by atoms with van der Waals surface area (Å²) in [5.74, 6) is 0.689. The van der Waals surface area contributed by atoms with Crippen LogP contribution in [0.2, 0.25) is 0 Å². The van der Waals surface area contributed by atoms with Gasteiger partial charge in [-0.1, -0.05) is 20.8 Å². The first kappa shape index (κ1) is 15.4. The van der Waals surface area contributed by atoms with E-state index >= 15 is 0 Å². The Kier molecular flexibility index (Phi) is 5.30. The number of carbonyl (C=O) groups excluding carboxylic acids is 1. The van der Waals surface area contributed by atoms with Crippen LogP contribution in [0.5, 0.6) is 5.75 Å². The van der Waals surface area contributed by atoms with E-state index in [0.717, 1.165) is 11.4 Å². The lowest BCUT2D eigenvalue weighted by atomic mass is 9.96. The predicted octanol–water partition coefficient (Wildman–Crippen LogP) is 2.94. The molecule has 1 rings (SSSR count). The molecule has 0 saturated carbocycles. The van der Waals surface area contributed by atoms with Crippen LogP contribution in [0.3, 0.4) is 0 Å². The number of nitrogens with one attached hydrogen (secondary N) is 2. The maximum atomic E-state index is 11.7. The molecular weight excluding hydrogens is 260 g/mol. The van der Waals surface area contributed by atoms with Crippen LogP contribution in [0.1, 0.15) is 27.7 Å². The smallest absolute Gasteiger partial charge is 0.231 e. The summed E-state index contributed by atoms with van der Waals surface area (Å²) < 4.78 is 5.34. The van der Waals surface area contributed by atoms with Crippen molar-refractivity contribution in [1.29, 1.82) is 0 Å². The van der Waals surface area contributed by atoms with E-state index in [1.807, 2.05) is 52.0 Å². The van der Waals surface area contributed by atoms with Gasteiger partial charge in [-0.05, 0) is 43.4 Å². The van der Waals surface area contributed by atoms with Gasteiger partial charge in [-0.25, -0.2) is 0 Å². The molecule has 0 aromatic heterocycles. The van der Waals surface area contributed by atoms with Gasteiger partial charge >= 0.3 is 0 Å². The molecular formula is C14H20N2O2S. The topological polar surface area (TPSA) is 50.4 Å². The minimum absolute atomic E-state index is 0.115. The standard InChI is InChI=1S/C14H20N2O2S/c1-5-18-11-8-6-10(7-9-11)15-13(19)16-12(17)14(2,3)4/h6-9H,5H2,1-4H3,(H2,15,16,17,19). The van der Waals surface area contributed by atoms with Crippen LogP contribution in [0.25, 0.3) is 0 Å². The van der Waals surface area contributed by atoms with Crippen molar-refractivity contribution < 1.29 is 9.53 Å². The molecule has 0 fully saturated rings. The number of benzene rings is 1. The van der Waals surface area contributed by atoms with Gasteiger partial charge in [0.1, 0.15) is 5.75 Å². The van der Waals surface area contributed by atoms with Crippen molar-refractivity contribution in [1.82, 2.24) is 5.32 Å². The van der Waals surface area contributed by atoms with E-state index in [0.29, 0.717) is 11.7 Å². The fraction of sp³-hybridized carbons (Fsp3) is 0.429. The number of anilines is 1. The van der Waals surface area contributed by atoms with Gasteiger partial charge in [0.2, 0.25) is 5.91 Å². The minimum atomic E-state index is -0.468. The van der Waals surface area contributed by atoms with E-state index in [2.05, 4.69) is 10.6 Å². The first-order valence-electron chi connectivity index (χ1n) is 6.18. The minimum Gasteiger partial charge on any atom is -0.494 e. The molecule has 0 aliphatic carbocycles. The molecule has 0 bridgehead atoms. The van der Waals surface area contributed by atoms with Crippen LogP contribution >= 0.6 is 12.2 Å². The molecule has 0 spiro atoms. The first-order valence-corrected chi connectivity index (χ1v) is 6.59. The molecule has 0 aliphatic heterocycles. The number of rotatable bonds is 3. The summed E-state index contributed by atoms with van der Waals surface area (Å²) in [6.45, 7) is 8.07. The molecule has 2 N–H and O–H groups in total. The van der Waals surface area contributed by atoms with Gasteiger partial charge in [-0.2, -0.15) is 0 Å². The molecule has 4 nitrogen and oxygen atoms in total. The van der Waals surface area contributed by atoms with E-state index in [9.17, 15) is 4.79 Å². The van der Waals surface area contributed by atoms with E-state index in [-0.39, 0.29) is 5.91 Å². The zero-order valence-corrected chi connectivity index (χ0v) is 12.6. The lowest BCUT2D eigenvalue weighted by Gasteiger charge is -2.18. The van der Waals surface area contributed by atoms with E-state index in [1.54, 1.807) is 0 Å². The van der Waals surface area contributed by atoms with Gasteiger partial charge in [0.25, 0.3) is 0 Å². The van der Waals surface area contributed by atoms with Crippen LogP contribution in [0, 0.1) is 5.41 Å². The largest absolute Gasteiger partial charge is 0.494 e. The van der Waals surface area contributed by atoms with Gasteiger partial charge in [0, 0.05) is 11.1 Å². The van der Waals surface area contributed by atoms with Crippen LogP contribution in [-0.2, 0) is 4.79 Å². The van der Waals surface area contributed by atoms with Crippen molar-refractivity contribution in [3.05, 3.63) is 24.3 Å². The third kappa shape index (κ3) is 5.26. The zero-order valence-electron chi connectivity index (χ0n) is 11.7. The van der Waals surface area contributed by atoms with Gasteiger partial charge in [-0.3, -0.25) is 4.79 Å². The number of amides is 1. The van der Waals surface area contributed by atoms with Crippen LogP contribution in [0.15, 0.2) is 24.3 Å². The fourth-order valence-corrected chi connectivity index (χ4v) is 1.46. The summed E-state index contributed by atoms with van der Waals surface area (Å²) in [5.41, 5.74) is 0.340. The highest BCUT2D eigenvalue weighted by Crippen LogP contribution is 2.16. The summed E-state index contributed by atoms with van der Waals surface area (Å²) in [5, 5.41) is 5.91. The Balaban J connectivity index is 2.55. The van der Waals surface area contributed by atoms with Crippen molar-refractivity contribution in [2.45, 2.75) is 27.7 Å². The normalized spacial score (nSPS) is 10.7. The number of carbonyl (C=O) groups is 1. The molecule has 5 heteroatoms. The number of hydrogen-bond donors (Lipinski definition) is 2. The Morgan fingerprint density at radius 2 is 1.84 bits per heavy atom.